The van der Waals surface area contributed by atoms with Crippen LogP contribution in [0.2, 0.25) is 0 Å². The van der Waals surface area contributed by atoms with Gasteiger partial charge in [0.05, 0.1) is 0 Å². The van der Waals surface area contributed by atoms with E-state index in [4.69, 9.17) is 5.73 Å². The third-order valence-corrected chi connectivity index (χ3v) is 3.54. The fourth-order valence-corrected chi connectivity index (χ4v) is 2.59. The molecule has 0 amide bonds. The minimum absolute atomic E-state index is 0.0581. The molecule has 2 rings (SSSR count). The van der Waals surface area contributed by atoms with Gasteiger partial charge in [-0.05, 0) is 45.5 Å². The van der Waals surface area contributed by atoms with Crippen molar-refractivity contribution in [3.05, 3.63) is 23.9 Å². The Hall–Kier alpha value is -1.13. The highest BCUT2D eigenvalue weighted by Crippen LogP contribution is 2.24. The molecule has 0 spiro atoms. The van der Waals surface area contributed by atoms with Crippen molar-refractivity contribution in [1.82, 2.24) is 9.88 Å². The van der Waals surface area contributed by atoms with E-state index in [1.165, 1.54) is 12.8 Å². The maximum Gasteiger partial charge on any atom is 0.128 e. The van der Waals surface area contributed by atoms with Crippen LogP contribution in [0.25, 0.3) is 0 Å². The van der Waals surface area contributed by atoms with Gasteiger partial charge in [0.25, 0.3) is 0 Å². The van der Waals surface area contributed by atoms with Gasteiger partial charge in [-0.15, -0.1) is 0 Å². The standard InChI is InChI=1S/C14H24N4/c1-11(15)12-6-7-14(16-9-12)18-8-4-5-13(18)10-17(2)3/h6-7,9,11,13H,4-5,8,10,15H2,1-3H3. The lowest BCUT2D eigenvalue weighted by molar-refractivity contribution is 0.371. The molecule has 0 radical (unpaired) electrons. The van der Waals surface area contributed by atoms with Crippen molar-refractivity contribution in [3.8, 4) is 0 Å². The minimum Gasteiger partial charge on any atom is -0.352 e. The lowest BCUT2D eigenvalue weighted by Crippen LogP contribution is -2.38. The zero-order valence-corrected chi connectivity index (χ0v) is 11.6. The first-order chi connectivity index (χ1) is 8.58. The van der Waals surface area contributed by atoms with Crippen LogP contribution in [0, 0.1) is 0 Å². The lowest BCUT2D eigenvalue weighted by atomic mass is 10.1. The predicted molar refractivity (Wildman–Crippen MR) is 75.8 cm³/mol. The van der Waals surface area contributed by atoms with Crippen LogP contribution >= 0.6 is 0 Å². The van der Waals surface area contributed by atoms with Gasteiger partial charge in [0.1, 0.15) is 5.82 Å². The predicted octanol–water partition coefficient (Wildman–Crippen LogP) is 1.63. The second-order valence-electron chi connectivity index (χ2n) is 5.49. The van der Waals surface area contributed by atoms with Crippen LogP contribution in [0.1, 0.15) is 31.4 Å². The Morgan fingerprint density at radius 1 is 1.50 bits per heavy atom. The first-order valence-corrected chi connectivity index (χ1v) is 6.71. The number of likely N-dealkylation sites (N-methyl/N-ethyl adjacent to an activating group) is 1. The summed E-state index contributed by atoms with van der Waals surface area (Å²) >= 11 is 0. The van der Waals surface area contributed by atoms with E-state index in [0.717, 1.165) is 24.5 Å². The third kappa shape index (κ3) is 3.00. The normalized spacial score (nSPS) is 21.6. The molecule has 0 saturated carbocycles. The summed E-state index contributed by atoms with van der Waals surface area (Å²) in [5.74, 6) is 1.09. The fraction of sp³-hybridized carbons (Fsp3) is 0.643. The van der Waals surface area contributed by atoms with Crippen molar-refractivity contribution < 1.29 is 0 Å². The molecule has 2 N–H and O–H groups in total. The molecule has 2 unspecified atom stereocenters. The number of aromatic nitrogens is 1. The molecular formula is C14H24N4. The highest BCUT2D eigenvalue weighted by molar-refractivity contribution is 5.42. The van der Waals surface area contributed by atoms with E-state index in [9.17, 15) is 0 Å². The molecule has 18 heavy (non-hydrogen) atoms. The molecule has 4 nitrogen and oxygen atoms in total. The summed E-state index contributed by atoms with van der Waals surface area (Å²) in [4.78, 5) is 9.24. The van der Waals surface area contributed by atoms with Crippen LogP contribution in [0.4, 0.5) is 5.82 Å². The van der Waals surface area contributed by atoms with Gasteiger partial charge in [0.2, 0.25) is 0 Å². The molecule has 1 aliphatic heterocycles. The highest BCUT2D eigenvalue weighted by Gasteiger charge is 2.25. The first kappa shape index (κ1) is 13.3. The Labute approximate surface area is 110 Å². The summed E-state index contributed by atoms with van der Waals surface area (Å²) in [7, 11) is 4.26. The molecule has 4 heteroatoms. The fourth-order valence-electron chi connectivity index (χ4n) is 2.59. The molecule has 2 atom stereocenters. The molecule has 1 aromatic rings. The molecule has 1 aromatic heterocycles. The number of pyridine rings is 1. The van der Waals surface area contributed by atoms with E-state index in [-0.39, 0.29) is 6.04 Å². The van der Waals surface area contributed by atoms with E-state index in [1.807, 2.05) is 13.1 Å². The number of hydrogen-bond acceptors (Lipinski definition) is 4. The third-order valence-electron chi connectivity index (χ3n) is 3.54. The quantitative estimate of drug-likeness (QED) is 0.879. The Morgan fingerprint density at radius 2 is 2.28 bits per heavy atom. The molecule has 1 aliphatic rings. The number of rotatable bonds is 4. The summed E-state index contributed by atoms with van der Waals surface area (Å²) < 4.78 is 0. The van der Waals surface area contributed by atoms with E-state index < -0.39 is 0 Å². The number of nitrogens with two attached hydrogens (primary N) is 1. The van der Waals surface area contributed by atoms with Crippen molar-refractivity contribution in [2.45, 2.75) is 31.8 Å². The van der Waals surface area contributed by atoms with E-state index in [2.05, 4.69) is 41.0 Å². The zero-order chi connectivity index (χ0) is 13.1. The van der Waals surface area contributed by atoms with Gasteiger partial charge in [-0.25, -0.2) is 4.98 Å². The van der Waals surface area contributed by atoms with Crippen LogP contribution in [0.3, 0.4) is 0 Å². The van der Waals surface area contributed by atoms with Crippen molar-refractivity contribution in [2.24, 2.45) is 5.73 Å². The molecule has 0 aliphatic carbocycles. The first-order valence-electron chi connectivity index (χ1n) is 6.71. The Kier molecular flexibility index (Phi) is 4.19. The van der Waals surface area contributed by atoms with Crippen LogP contribution in [-0.2, 0) is 0 Å². The summed E-state index contributed by atoms with van der Waals surface area (Å²) in [5, 5.41) is 0. The molecule has 0 aromatic carbocycles. The molecule has 0 bridgehead atoms. The van der Waals surface area contributed by atoms with Gasteiger partial charge in [-0.1, -0.05) is 6.07 Å². The van der Waals surface area contributed by atoms with Gasteiger partial charge < -0.3 is 15.5 Å². The van der Waals surface area contributed by atoms with Gasteiger partial charge in [-0.2, -0.15) is 0 Å². The Morgan fingerprint density at radius 3 is 2.83 bits per heavy atom. The SMILES string of the molecule is CC(N)c1ccc(N2CCCC2CN(C)C)nc1. The topological polar surface area (TPSA) is 45.4 Å². The number of hydrogen-bond donors (Lipinski definition) is 1. The van der Waals surface area contributed by atoms with E-state index in [0.29, 0.717) is 6.04 Å². The van der Waals surface area contributed by atoms with Crippen molar-refractivity contribution in [2.75, 3.05) is 32.1 Å². The number of nitrogens with zero attached hydrogens (tertiary/aromatic N) is 3. The summed E-state index contributed by atoms with van der Waals surface area (Å²) in [6, 6.07) is 4.85. The summed E-state index contributed by atoms with van der Waals surface area (Å²) in [6.07, 6.45) is 4.43. The molecule has 1 fully saturated rings. The van der Waals surface area contributed by atoms with Gasteiger partial charge in [0, 0.05) is 31.4 Å². The molecule has 2 heterocycles. The van der Waals surface area contributed by atoms with Crippen molar-refractivity contribution >= 4 is 5.82 Å². The lowest BCUT2D eigenvalue weighted by Gasteiger charge is -2.28. The largest absolute Gasteiger partial charge is 0.352 e. The Bertz CT molecular complexity index is 372. The van der Waals surface area contributed by atoms with Gasteiger partial charge in [-0.3, -0.25) is 0 Å². The Balaban J connectivity index is 2.10. The maximum atomic E-state index is 5.85. The summed E-state index contributed by atoms with van der Waals surface area (Å²) in [6.45, 7) is 4.20. The average Bonchev–Trinajstić information content (AvgIpc) is 2.76. The van der Waals surface area contributed by atoms with Gasteiger partial charge >= 0.3 is 0 Å². The second-order valence-corrected chi connectivity index (χ2v) is 5.49. The number of anilines is 1. The van der Waals surface area contributed by atoms with Crippen LogP contribution in [0.5, 0.6) is 0 Å². The molecular weight excluding hydrogens is 224 g/mol. The van der Waals surface area contributed by atoms with E-state index in [1.54, 1.807) is 0 Å². The maximum absolute atomic E-state index is 5.85. The van der Waals surface area contributed by atoms with E-state index >= 15 is 0 Å². The van der Waals surface area contributed by atoms with Crippen LogP contribution < -0.4 is 10.6 Å². The summed E-state index contributed by atoms with van der Waals surface area (Å²) in [5.41, 5.74) is 6.95. The second kappa shape index (κ2) is 5.67. The zero-order valence-electron chi connectivity index (χ0n) is 11.6. The average molecular weight is 248 g/mol. The van der Waals surface area contributed by atoms with Crippen LogP contribution in [-0.4, -0.2) is 43.1 Å². The van der Waals surface area contributed by atoms with Crippen molar-refractivity contribution in [3.63, 3.8) is 0 Å². The monoisotopic (exact) mass is 248 g/mol. The highest BCUT2D eigenvalue weighted by atomic mass is 15.3. The minimum atomic E-state index is 0.0581. The molecule has 100 valence electrons. The van der Waals surface area contributed by atoms with Crippen LogP contribution in [0.15, 0.2) is 18.3 Å². The smallest absolute Gasteiger partial charge is 0.128 e. The van der Waals surface area contributed by atoms with Gasteiger partial charge in [0.15, 0.2) is 0 Å². The van der Waals surface area contributed by atoms with Crippen molar-refractivity contribution in [1.29, 1.82) is 0 Å². The molecule has 1 saturated heterocycles.